The third-order valence-corrected chi connectivity index (χ3v) is 6.20. The second-order valence-electron chi connectivity index (χ2n) is 8.98. The highest BCUT2D eigenvalue weighted by Gasteiger charge is 2.23. The first-order valence-corrected chi connectivity index (χ1v) is 12.0. The molecular formula is C31H28N2O4. The van der Waals surface area contributed by atoms with E-state index in [2.05, 4.69) is 10.6 Å². The van der Waals surface area contributed by atoms with Crippen LogP contribution in [0.1, 0.15) is 39.4 Å². The summed E-state index contributed by atoms with van der Waals surface area (Å²) in [7, 11) is 0. The molecule has 0 heterocycles. The van der Waals surface area contributed by atoms with Crippen LogP contribution >= 0.6 is 0 Å². The lowest BCUT2D eigenvalue weighted by Gasteiger charge is -2.12. The molecular weight excluding hydrogens is 464 g/mol. The minimum atomic E-state index is -1.02. The number of carboxylic acids is 1. The van der Waals surface area contributed by atoms with Crippen LogP contribution in [-0.2, 0) is 4.79 Å². The molecule has 186 valence electrons. The number of hydrogen-bond acceptors (Lipinski definition) is 3. The highest BCUT2D eigenvalue weighted by atomic mass is 16.4. The molecule has 3 N–H and O–H groups in total. The number of anilines is 2. The molecule has 0 radical (unpaired) electrons. The zero-order chi connectivity index (χ0) is 26.4. The lowest BCUT2D eigenvalue weighted by atomic mass is 9.91. The Balaban J connectivity index is 1.38. The van der Waals surface area contributed by atoms with Crippen molar-refractivity contribution in [3.05, 3.63) is 119 Å². The highest BCUT2D eigenvalue weighted by Crippen LogP contribution is 2.25. The quantitative estimate of drug-likeness (QED) is 0.230. The first-order chi connectivity index (χ1) is 17.8. The third kappa shape index (κ3) is 6.49. The van der Waals surface area contributed by atoms with Gasteiger partial charge < -0.3 is 15.7 Å². The fourth-order valence-corrected chi connectivity index (χ4v) is 4.17. The maximum absolute atomic E-state index is 12.8. The molecule has 1 atom stereocenters. The van der Waals surface area contributed by atoms with E-state index < -0.39 is 11.9 Å². The summed E-state index contributed by atoms with van der Waals surface area (Å²) < 4.78 is 0. The average molecular weight is 493 g/mol. The van der Waals surface area contributed by atoms with Crippen LogP contribution in [0.2, 0.25) is 0 Å². The van der Waals surface area contributed by atoms with Gasteiger partial charge in [0.1, 0.15) is 0 Å². The summed E-state index contributed by atoms with van der Waals surface area (Å²) >= 11 is 0. The Bertz CT molecular complexity index is 1410. The third-order valence-electron chi connectivity index (χ3n) is 6.20. The van der Waals surface area contributed by atoms with Gasteiger partial charge in [0.2, 0.25) is 0 Å². The Morgan fingerprint density at radius 1 is 0.757 bits per heavy atom. The SMILES string of the molecule is Cc1ccc(NC(=O)Nc2ccc(-c3ccc(C(=O)CC(C(=O)O)c4ccccc4)cc3)cc2)c(C)c1. The van der Waals surface area contributed by atoms with E-state index in [1.807, 2.05) is 74.5 Å². The van der Waals surface area contributed by atoms with Gasteiger partial charge in [-0.15, -0.1) is 0 Å². The number of aliphatic carboxylic acids is 1. The maximum atomic E-state index is 12.8. The Labute approximate surface area is 216 Å². The molecule has 6 nitrogen and oxygen atoms in total. The average Bonchev–Trinajstić information content (AvgIpc) is 2.89. The van der Waals surface area contributed by atoms with E-state index in [4.69, 9.17) is 0 Å². The van der Waals surface area contributed by atoms with Gasteiger partial charge in [-0.05, 0) is 54.3 Å². The zero-order valence-electron chi connectivity index (χ0n) is 20.7. The van der Waals surface area contributed by atoms with Crippen molar-refractivity contribution in [1.29, 1.82) is 0 Å². The first kappa shape index (κ1) is 25.4. The van der Waals surface area contributed by atoms with Crippen molar-refractivity contribution in [1.82, 2.24) is 0 Å². The van der Waals surface area contributed by atoms with Gasteiger partial charge >= 0.3 is 12.0 Å². The molecule has 6 heteroatoms. The highest BCUT2D eigenvalue weighted by molar-refractivity contribution is 6.01. The summed E-state index contributed by atoms with van der Waals surface area (Å²) in [6.45, 7) is 3.95. The molecule has 4 rings (SSSR count). The van der Waals surface area contributed by atoms with E-state index in [1.165, 1.54) is 0 Å². The summed E-state index contributed by atoms with van der Waals surface area (Å²) in [6, 6.07) is 28.8. The summed E-state index contributed by atoms with van der Waals surface area (Å²) in [4.78, 5) is 36.9. The van der Waals surface area contributed by atoms with Crippen molar-refractivity contribution in [2.75, 3.05) is 10.6 Å². The van der Waals surface area contributed by atoms with Gasteiger partial charge in [-0.1, -0.05) is 84.4 Å². The number of amides is 2. The van der Waals surface area contributed by atoms with Gasteiger partial charge in [0.25, 0.3) is 0 Å². The maximum Gasteiger partial charge on any atom is 0.323 e. The van der Waals surface area contributed by atoms with E-state index in [-0.39, 0.29) is 18.2 Å². The molecule has 0 fully saturated rings. The molecule has 0 aliphatic rings. The van der Waals surface area contributed by atoms with Crippen molar-refractivity contribution < 1.29 is 19.5 Å². The number of hydrogen-bond donors (Lipinski definition) is 3. The number of carbonyl (C=O) groups is 3. The van der Waals surface area contributed by atoms with E-state index in [0.717, 1.165) is 27.9 Å². The topological polar surface area (TPSA) is 95.5 Å². The smallest absolute Gasteiger partial charge is 0.323 e. The summed E-state index contributed by atoms with van der Waals surface area (Å²) in [6.07, 6.45) is -0.108. The zero-order valence-corrected chi connectivity index (χ0v) is 20.7. The van der Waals surface area contributed by atoms with Crippen LogP contribution in [0.15, 0.2) is 97.1 Å². The van der Waals surface area contributed by atoms with Gasteiger partial charge in [0.05, 0.1) is 5.92 Å². The minimum Gasteiger partial charge on any atom is -0.481 e. The molecule has 4 aromatic carbocycles. The van der Waals surface area contributed by atoms with Gasteiger partial charge in [-0.25, -0.2) is 4.79 Å². The van der Waals surface area contributed by atoms with Gasteiger partial charge in [0, 0.05) is 23.4 Å². The predicted octanol–water partition coefficient (Wildman–Crippen LogP) is 7.06. The predicted molar refractivity (Wildman–Crippen MR) is 146 cm³/mol. The lowest BCUT2D eigenvalue weighted by Crippen LogP contribution is -2.19. The second kappa shape index (κ2) is 11.4. The van der Waals surface area contributed by atoms with Crippen molar-refractivity contribution >= 4 is 29.2 Å². The fraction of sp³-hybridized carbons (Fsp3) is 0.129. The van der Waals surface area contributed by atoms with Crippen LogP contribution in [0, 0.1) is 13.8 Å². The second-order valence-corrected chi connectivity index (χ2v) is 8.98. The molecule has 0 saturated heterocycles. The van der Waals surface area contributed by atoms with Gasteiger partial charge in [0.15, 0.2) is 5.78 Å². The molecule has 0 spiro atoms. The number of Topliss-reactive ketones (excluding diaryl/α,β-unsaturated/α-hetero) is 1. The molecule has 2 amide bonds. The fourth-order valence-electron chi connectivity index (χ4n) is 4.17. The van der Waals surface area contributed by atoms with Crippen LogP contribution in [0.5, 0.6) is 0 Å². The molecule has 4 aromatic rings. The van der Waals surface area contributed by atoms with Crippen molar-refractivity contribution in [3.8, 4) is 11.1 Å². The number of urea groups is 1. The number of ketones is 1. The van der Waals surface area contributed by atoms with Gasteiger partial charge in [-0.2, -0.15) is 0 Å². The van der Waals surface area contributed by atoms with Crippen LogP contribution in [0.3, 0.4) is 0 Å². The lowest BCUT2D eigenvalue weighted by molar-refractivity contribution is -0.138. The molecule has 0 bridgehead atoms. The number of carbonyl (C=O) groups excluding carboxylic acids is 2. The molecule has 0 aliphatic heterocycles. The van der Waals surface area contributed by atoms with E-state index in [9.17, 15) is 19.5 Å². The van der Waals surface area contributed by atoms with E-state index in [1.54, 1.807) is 36.4 Å². The Hall–Kier alpha value is -4.71. The molecule has 0 aromatic heterocycles. The number of aryl methyl sites for hydroxylation is 2. The Morgan fingerprint density at radius 3 is 1.97 bits per heavy atom. The minimum absolute atomic E-state index is 0.108. The largest absolute Gasteiger partial charge is 0.481 e. The van der Waals surface area contributed by atoms with Gasteiger partial charge in [-0.3, -0.25) is 9.59 Å². The normalized spacial score (nSPS) is 11.4. The van der Waals surface area contributed by atoms with Crippen LogP contribution < -0.4 is 10.6 Å². The number of carboxylic acid groups (broad SMARTS) is 1. The first-order valence-electron chi connectivity index (χ1n) is 12.0. The number of nitrogens with one attached hydrogen (secondary N) is 2. The monoisotopic (exact) mass is 492 g/mol. The Kier molecular flexibility index (Phi) is 7.79. The number of rotatable bonds is 8. The van der Waals surface area contributed by atoms with Crippen LogP contribution in [0.4, 0.5) is 16.2 Å². The number of benzene rings is 4. The summed E-state index contributed by atoms with van der Waals surface area (Å²) in [5.41, 5.74) is 6.43. The van der Waals surface area contributed by atoms with Crippen molar-refractivity contribution in [2.45, 2.75) is 26.2 Å². The van der Waals surface area contributed by atoms with Crippen LogP contribution in [-0.4, -0.2) is 22.9 Å². The Morgan fingerprint density at radius 2 is 1.38 bits per heavy atom. The van der Waals surface area contributed by atoms with E-state index in [0.29, 0.717) is 16.8 Å². The van der Waals surface area contributed by atoms with E-state index >= 15 is 0 Å². The molecule has 0 saturated carbocycles. The summed E-state index contributed by atoms with van der Waals surface area (Å²) in [5, 5.41) is 15.3. The summed E-state index contributed by atoms with van der Waals surface area (Å²) in [5.74, 6) is -2.13. The molecule has 1 unspecified atom stereocenters. The van der Waals surface area contributed by atoms with Crippen molar-refractivity contribution in [2.24, 2.45) is 0 Å². The van der Waals surface area contributed by atoms with Crippen LogP contribution in [0.25, 0.3) is 11.1 Å². The molecule has 37 heavy (non-hydrogen) atoms. The molecule has 0 aliphatic carbocycles. The van der Waals surface area contributed by atoms with Crippen molar-refractivity contribution in [3.63, 3.8) is 0 Å². The standard InChI is InChI=1S/C31H28N2O4/c1-20-8-17-28(21(2)18-20)33-31(37)32-26-15-13-23(14-16-26)22-9-11-25(12-10-22)29(34)19-27(30(35)36)24-6-4-3-5-7-24/h3-18,27H,19H2,1-2H3,(H,35,36)(H2,32,33,37).